The topological polar surface area (TPSA) is 31.4 Å². The van der Waals surface area contributed by atoms with Gasteiger partial charge in [0.2, 0.25) is 5.88 Å². The van der Waals surface area contributed by atoms with Crippen molar-refractivity contribution in [3.63, 3.8) is 0 Å². The Labute approximate surface area is 82.6 Å². The van der Waals surface area contributed by atoms with Crippen LogP contribution in [0.25, 0.3) is 0 Å². The SMILES string of the molecule is COCCCOc1ccc(Cl)cn1. The van der Waals surface area contributed by atoms with Crippen LogP contribution in [0.3, 0.4) is 0 Å². The largest absolute Gasteiger partial charge is 0.478 e. The molecule has 0 aromatic carbocycles. The Morgan fingerprint density at radius 1 is 1.38 bits per heavy atom. The van der Waals surface area contributed by atoms with E-state index in [1.807, 2.05) is 0 Å². The van der Waals surface area contributed by atoms with Crippen LogP contribution in [0.2, 0.25) is 5.02 Å². The average molecular weight is 202 g/mol. The van der Waals surface area contributed by atoms with Crippen molar-refractivity contribution in [2.75, 3.05) is 20.3 Å². The highest BCUT2D eigenvalue weighted by atomic mass is 35.5. The van der Waals surface area contributed by atoms with Gasteiger partial charge in [0, 0.05) is 32.4 Å². The summed E-state index contributed by atoms with van der Waals surface area (Å²) in [4.78, 5) is 3.98. The predicted molar refractivity (Wildman–Crippen MR) is 51.2 cm³/mol. The van der Waals surface area contributed by atoms with Gasteiger partial charge in [0.25, 0.3) is 0 Å². The maximum absolute atomic E-state index is 5.66. The summed E-state index contributed by atoms with van der Waals surface area (Å²) in [5, 5.41) is 0.615. The number of pyridine rings is 1. The van der Waals surface area contributed by atoms with Crippen molar-refractivity contribution in [3.05, 3.63) is 23.4 Å². The smallest absolute Gasteiger partial charge is 0.213 e. The van der Waals surface area contributed by atoms with E-state index < -0.39 is 0 Å². The summed E-state index contributed by atoms with van der Waals surface area (Å²) < 4.78 is 10.2. The van der Waals surface area contributed by atoms with Gasteiger partial charge in [0.05, 0.1) is 11.6 Å². The minimum absolute atomic E-state index is 0.598. The third kappa shape index (κ3) is 4.10. The molecule has 1 rings (SSSR count). The Morgan fingerprint density at radius 3 is 2.85 bits per heavy atom. The third-order valence-electron chi connectivity index (χ3n) is 1.44. The molecule has 72 valence electrons. The zero-order valence-corrected chi connectivity index (χ0v) is 8.25. The molecule has 0 aliphatic rings. The molecule has 0 amide bonds. The molecule has 0 saturated carbocycles. The normalized spacial score (nSPS) is 10.0. The number of ether oxygens (including phenoxy) is 2. The van der Waals surface area contributed by atoms with E-state index in [-0.39, 0.29) is 0 Å². The van der Waals surface area contributed by atoms with Crippen molar-refractivity contribution in [3.8, 4) is 5.88 Å². The number of aromatic nitrogens is 1. The Bertz CT molecular complexity index is 238. The van der Waals surface area contributed by atoms with E-state index in [0.29, 0.717) is 24.1 Å². The Morgan fingerprint density at radius 2 is 2.23 bits per heavy atom. The highest BCUT2D eigenvalue weighted by Crippen LogP contribution is 2.11. The van der Waals surface area contributed by atoms with Crippen molar-refractivity contribution >= 4 is 11.6 Å². The van der Waals surface area contributed by atoms with Gasteiger partial charge >= 0.3 is 0 Å². The molecular weight excluding hydrogens is 190 g/mol. The maximum Gasteiger partial charge on any atom is 0.213 e. The van der Waals surface area contributed by atoms with Crippen molar-refractivity contribution < 1.29 is 9.47 Å². The predicted octanol–water partition coefficient (Wildman–Crippen LogP) is 2.15. The summed E-state index contributed by atoms with van der Waals surface area (Å²) in [5.74, 6) is 0.598. The summed E-state index contributed by atoms with van der Waals surface area (Å²) in [6.07, 6.45) is 2.42. The zero-order valence-electron chi connectivity index (χ0n) is 7.50. The number of methoxy groups -OCH3 is 1. The summed E-state index contributed by atoms with van der Waals surface area (Å²) in [7, 11) is 1.67. The fourth-order valence-corrected chi connectivity index (χ4v) is 0.939. The van der Waals surface area contributed by atoms with Crippen LogP contribution in [0.4, 0.5) is 0 Å². The van der Waals surface area contributed by atoms with Gasteiger partial charge in [-0.3, -0.25) is 0 Å². The number of halogens is 1. The Balaban J connectivity index is 2.25. The highest BCUT2D eigenvalue weighted by molar-refractivity contribution is 6.30. The Hall–Kier alpha value is -0.800. The van der Waals surface area contributed by atoms with Crippen LogP contribution in [0, 0.1) is 0 Å². The molecule has 0 atom stereocenters. The molecule has 13 heavy (non-hydrogen) atoms. The van der Waals surface area contributed by atoms with E-state index in [1.54, 1.807) is 25.4 Å². The summed E-state index contributed by atoms with van der Waals surface area (Å²) in [5.41, 5.74) is 0. The van der Waals surface area contributed by atoms with Crippen molar-refractivity contribution in [2.24, 2.45) is 0 Å². The van der Waals surface area contributed by atoms with Gasteiger partial charge in [0.15, 0.2) is 0 Å². The number of hydrogen-bond donors (Lipinski definition) is 0. The van der Waals surface area contributed by atoms with Crippen molar-refractivity contribution in [1.29, 1.82) is 0 Å². The quantitative estimate of drug-likeness (QED) is 0.685. The van der Waals surface area contributed by atoms with Crippen LogP contribution in [0.15, 0.2) is 18.3 Å². The van der Waals surface area contributed by atoms with Crippen LogP contribution in [-0.2, 0) is 4.74 Å². The van der Waals surface area contributed by atoms with Crippen LogP contribution in [0.1, 0.15) is 6.42 Å². The number of hydrogen-bond acceptors (Lipinski definition) is 3. The van der Waals surface area contributed by atoms with E-state index in [1.165, 1.54) is 0 Å². The van der Waals surface area contributed by atoms with Gasteiger partial charge in [-0.25, -0.2) is 4.98 Å². The molecule has 0 saturated heterocycles. The van der Waals surface area contributed by atoms with Crippen LogP contribution in [-0.4, -0.2) is 25.3 Å². The summed E-state index contributed by atoms with van der Waals surface area (Å²) in [6, 6.07) is 3.50. The fraction of sp³-hybridized carbons (Fsp3) is 0.444. The second-order valence-corrected chi connectivity index (χ2v) is 2.95. The first-order valence-electron chi connectivity index (χ1n) is 4.06. The van der Waals surface area contributed by atoms with Gasteiger partial charge in [-0.05, 0) is 6.07 Å². The lowest BCUT2D eigenvalue weighted by molar-refractivity contribution is 0.170. The molecule has 0 unspecified atom stereocenters. The first-order valence-corrected chi connectivity index (χ1v) is 4.44. The highest BCUT2D eigenvalue weighted by Gasteiger charge is 1.94. The molecular formula is C9H12ClNO2. The summed E-state index contributed by atoms with van der Waals surface area (Å²) >= 11 is 5.66. The fourth-order valence-electron chi connectivity index (χ4n) is 0.828. The monoisotopic (exact) mass is 201 g/mol. The van der Waals surface area contributed by atoms with Gasteiger partial charge in [-0.15, -0.1) is 0 Å². The average Bonchev–Trinajstić information content (AvgIpc) is 2.15. The lowest BCUT2D eigenvalue weighted by atomic mass is 10.5. The van der Waals surface area contributed by atoms with Crippen LogP contribution in [0.5, 0.6) is 5.88 Å². The van der Waals surface area contributed by atoms with Gasteiger partial charge in [0.1, 0.15) is 0 Å². The van der Waals surface area contributed by atoms with Gasteiger partial charge in [-0.2, -0.15) is 0 Å². The molecule has 0 bridgehead atoms. The van der Waals surface area contributed by atoms with E-state index in [0.717, 1.165) is 6.42 Å². The number of nitrogens with zero attached hydrogens (tertiary/aromatic N) is 1. The lowest BCUT2D eigenvalue weighted by Gasteiger charge is -2.03. The van der Waals surface area contributed by atoms with E-state index >= 15 is 0 Å². The minimum Gasteiger partial charge on any atom is -0.478 e. The van der Waals surface area contributed by atoms with Gasteiger partial charge < -0.3 is 9.47 Å². The third-order valence-corrected chi connectivity index (χ3v) is 1.67. The molecule has 1 aromatic rings. The van der Waals surface area contributed by atoms with Crippen LogP contribution < -0.4 is 4.74 Å². The molecule has 0 aliphatic heterocycles. The molecule has 0 fully saturated rings. The van der Waals surface area contributed by atoms with Gasteiger partial charge in [-0.1, -0.05) is 11.6 Å². The molecule has 3 nitrogen and oxygen atoms in total. The second kappa shape index (κ2) is 5.78. The molecule has 1 heterocycles. The lowest BCUT2D eigenvalue weighted by Crippen LogP contribution is -2.02. The van der Waals surface area contributed by atoms with E-state index in [9.17, 15) is 0 Å². The first-order chi connectivity index (χ1) is 6.33. The first kappa shape index (κ1) is 10.3. The second-order valence-electron chi connectivity index (χ2n) is 2.51. The minimum atomic E-state index is 0.598. The molecule has 0 N–H and O–H groups in total. The van der Waals surface area contributed by atoms with E-state index in [4.69, 9.17) is 21.1 Å². The van der Waals surface area contributed by atoms with Crippen molar-refractivity contribution in [1.82, 2.24) is 4.98 Å². The van der Waals surface area contributed by atoms with Crippen LogP contribution >= 0.6 is 11.6 Å². The molecule has 0 radical (unpaired) electrons. The van der Waals surface area contributed by atoms with Crippen molar-refractivity contribution in [2.45, 2.75) is 6.42 Å². The molecule has 0 spiro atoms. The molecule has 1 aromatic heterocycles. The zero-order chi connectivity index (χ0) is 9.52. The maximum atomic E-state index is 5.66. The Kier molecular flexibility index (Phi) is 4.57. The molecule has 0 aliphatic carbocycles. The molecule has 4 heteroatoms. The standard InChI is InChI=1S/C9H12ClNO2/c1-12-5-2-6-13-9-4-3-8(10)7-11-9/h3-4,7H,2,5-6H2,1H3. The number of rotatable bonds is 5. The summed E-state index contributed by atoms with van der Waals surface area (Å²) in [6.45, 7) is 1.32. The van der Waals surface area contributed by atoms with E-state index in [2.05, 4.69) is 4.98 Å².